The summed E-state index contributed by atoms with van der Waals surface area (Å²) >= 11 is 3.53. The minimum atomic E-state index is 0.232. The van der Waals surface area contributed by atoms with E-state index in [2.05, 4.69) is 40.3 Å². The fourth-order valence-electron chi connectivity index (χ4n) is 2.14. The van der Waals surface area contributed by atoms with E-state index in [-0.39, 0.29) is 11.8 Å². The van der Waals surface area contributed by atoms with Crippen LogP contribution < -0.4 is 5.32 Å². The molecule has 4 heteroatoms. The minimum Gasteiger partial charge on any atom is -0.508 e. The zero-order valence-corrected chi connectivity index (χ0v) is 12.5. The molecule has 0 aliphatic carbocycles. The van der Waals surface area contributed by atoms with Crippen LogP contribution in [0, 0.1) is 0 Å². The second-order valence-corrected chi connectivity index (χ2v) is 6.56. The van der Waals surface area contributed by atoms with E-state index in [1.165, 1.54) is 9.75 Å². The van der Waals surface area contributed by atoms with Crippen LogP contribution in [0.15, 0.2) is 59.3 Å². The van der Waals surface area contributed by atoms with Crippen LogP contribution in [0.2, 0.25) is 0 Å². The zero-order valence-electron chi connectivity index (χ0n) is 10.8. The van der Waals surface area contributed by atoms with Gasteiger partial charge in [0.15, 0.2) is 0 Å². The molecule has 1 unspecified atom stereocenters. The maximum Gasteiger partial charge on any atom is 0.117 e. The normalized spacial score (nSPS) is 12.2. The van der Waals surface area contributed by atoms with E-state index < -0.39 is 0 Å². The first-order valence-electron chi connectivity index (χ1n) is 6.42. The molecule has 102 valence electrons. The van der Waals surface area contributed by atoms with Crippen LogP contribution in [-0.4, -0.2) is 5.11 Å². The van der Waals surface area contributed by atoms with Crippen molar-refractivity contribution < 1.29 is 5.11 Å². The molecule has 3 aromatic rings. The highest BCUT2D eigenvalue weighted by atomic mass is 32.1. The highest BCUT2D eigenvalue weighted by Crippen LogP contribution is 2.29. The number of anilines is 1. The van der Waals surface area contributed by atoms with Gasteiger partial charge in [-0.1, -0.05) is 18.2 Å². The first kappa shape index (κ1) is 13.2. The average Bonchev–Trinajstić information content (AvgIpc) is 3.11. The summed E-state index contributed by atoms with van der Waals surface area (Å²) in [6.07, 6.45) is 0.952. The number of hydrogen-bond acceptors (Lipinski definition) is 4. The van der Waals surface area contributed by atoms with Crippen molar-refractivity contribution in [1.29, 1.82) is 0 Å². The molecule has 0 aliphatic heterocycles. The van der Waals surface area contributed by atoms with Crippen molar-refractivity contribution >= 4 is 28.4 Å². The molecule has 0 aliphatic rings. The lowest BCUT2D eigenvalue weighted by Gasteiger charge is -2.18. The lowest BCUT2D eigenvalue weighted by Crippen LogP contribution is -2.11. The lowest BCUT2D eigenvalue weighted by molar-refractivity contribution is 0.475. The Morgan fingerprint density at radius 2 is 1.85 bits per heavy atom. The number of thiophene rings is 2. The highest BCUT2D eigenvalue weighted by Gasteiger charge is 2.14. The molecule has 20 heavy (non-hydrogen) atoms. The third kappa shape index (κ3) is 3.21. The summed E-state index contributed by atoms with van der Waals surface area (Å²) in [5, 5.41) is 17.3. The van der Waals surface area contributed by atoms with E-state index in [4.69, 9.17) is 0 Å². The molecule has 1 aromatic carbocycles. The van der Waals surface area contributed by atoms with E-state index in [0.29, 0.717) is 0 Å². The molecule has 0 amide bonds. The number of benzene rings is 1. The van der Waals surface area contributed by atoms with Crippen molar-refractivity contribution in [2.75, 3.05) is 5.32 Å². The predicted molar refractivity (Wildman–Crippen MR) is 86.8 cm³/mol. The largest absolute Gasteiger partial charge is 0.508 e. The molecule has 0 radical (unpaired) electrons. The summed E-state index contributed by atoms with van der Waals surface area (Å²) in [4.78, 5) is 2.66. The van der Waals surface area contributed by atoms with Gasteiger partial charge < -0.3 is 10.4 Å². The highest BCUT2D eigenvalue weighted by molar-refractivity contribution is 7.10. The van der Waals surface area contributed by atoms with E-state index in [1.807, 2.05) is 12.1 Å². The van der Waals surface area contributed by atoms with Gasteiger partial charge in [-0.3, -0.25) is 0 Å². The molecule has 0 saturated heterocycles. The van der Waals surface area contributed by atoms with Crippen molar-refractivity contribution in [2.45, 2.75) is 12.5 Å². The Hall–Kier alpha value is -1.78. The second-order valence-electron chi connectivity index (χ2n) is 4.55. The maximum absolute atomic E-state index is 9.58. The summed E-state index contributed by atoms with van der Waals surface area (Å²) in [6.45, 7) is 0. The number of phenols is 1. The fraction of sp³-hybridized carbons (Fsp3) is 0.125. The number of hydrogen-bond donors (Lipinski definition) is 2. The number of nitrogens with one attached hydrogen (secondary N) is 1. The van der Waals surface area contributed by atoms with E-state index in [1.54, 1.807) is 34.8 Å². The Morgan fingerprint density at radius 1 is 1.00 bits per heavy atom. The molecule has 2 heterocycles. The quantitative estimate of drug-likeness (QED) is 0.701. The molecule has 2 aromatic heterocycles. The van der Waals surface area contributed by atoms with Gasteiger partial charge in [-0.25, -0.2) is 0 Å². The van der Waals surface area contributed by atoms with Gasteiger partial charge in [-0.2, -0.15) is 0 Å². The van der Waals surface area contributed by atoms with E-state index in [9.17, 15) is 5.11 Å². The smallest absolute Gasteiger partial charge is 0.117 e. The van der Waals surface area contributed by atoms with Crippen molar-refractivity contribution in [2.24, 2.45) is 0 Å². The second kappa shape index (κ2) is 6.11. The van der Waals surface area contributed by atoms with Crippen LogP contribution in [0.3, 0.4) is 0 Å². The molecule has 2 nitrogen and oxygen atoms in total. The first-order valence-corrected chi connectivity index (χ1v) is 8.18. The van der Waals surface area contributed by atoms with Crippen LogP contribution in [-0.2, 0) is 6.42 Å². The minimum absolute atomic E-state index is 0.232. The van der Waals surface area contributed by atoms with Gasteiger partial charge in [0.2, 0.25) is 0 Å². The van der Waals surface area contributed by atoms with Crippen molar-refractivity contribution in [3.05, 3.63) is 69.0 Å². The summed E-state index contributed by atoms with van der Waals surface area (Å²) in [6, 6.07) is 16.0. The fourth-order valence-corrected chi connectivity index (χ4v) is 3.67. The van der Waals surface area contributed by atoms with E-state index >= 15 is 0 Å². The molecular weight excluding hydrogens is 286 g/mol. The van der Waals surface area contributed by atoms with Crippen LogP contribution in [0.1, 0.15) is 15.8 Å². The van der Waals surface area contributed by atoms with E-state index in [0.717, 1.165) is 12.1 Å². The standard InChI is InChI=1S/C16H15NOS2/c18-13-5-1-4-12(10-13)17-15(16-7-3-9-20-16)11-14-6-2-8-19-14/h1-10,15,17-18H,11H2. The Morgan fingerprint density at radius 3 is 2.55 bits per heavy atom. The number of phenolic OH excluding ortho intramolecular Hbond substituents is 1. The van der Waals surface area contributed by atoms with Gasteiger partial charge in [0.05, 0.1) is 6.04 Å². The Balaban J connectivity index is 1.82. The van der Waals surface area contributed by atoms with Gasteiger partial charge in [-0.05, 0) is 35.0 Å². The van der Waals surface area contributed by atoms with Gasteiger partial charge >= 0.3 is 0 Å². The van der Waals surface area contributed by atoms with Crippen LogP contribution in [0.25, 0.3) is 0 Å². The molecule has 1 atom stereocenters. The predicted octanol–water partition coefficient (Wildman–Crippen LogP) is 4.91. The molecular formula is C16H15NOS2. The first-order chi connectivity index (χ1) is 9.81. The van der Waals surface area contributed by atoms with Gasteiger partial charge in [-0.15, -0.1) is 22.7 Å². The molecule has 3 rings (SSSR count). The van der Waals surface area contributed by atoms with Crippen LogP contribution >= 0.6 is 22.7 Å². The third-order valence-corrected chi connectivity index (χ3v) is 4.94. The summed E-state index contributed by atoms with van der Waals surface area (Å²) in [5.41, 5.74) is 0.944. The number of aromatic hydroxyl groups is 1. The zero-order chi connectivity index (χ0) is 13.8. The summed E-state index contributed by atoms with van der Waals surface area (Å²) < 4.78 is 0. The third-order valence-electron chi connectivity index (χ3n) is 3.06. The molecule has 2 N–H and O–H groups in total. The summed E-state index contributed by atoms with van der Waals surface area (Å²) in [7, 11) is 0. The van der Waals surface area contributed by atoms with Crippen molar-refractivity contribution in [3.8, 4) is 5.75 Å². The summed E-state index contributed by atoms with van der Waals surface area (Å²) in [5.74, 6) is 0.288. The van der Waals surface area contributed by atoms with Gasteiger partial charge in [0.25, 0.3) is 0 Å². The molecule has 0 saturated carbocycles. The SMILES string of the molecule is Oc1cccc(NC(Cc2cccs2)c2cccs2)c1. The van der Waals surface area contributed by atoms with Gasteiger partial charge in [0.1, 0.15) is 5.75 Å². The molecule has 0 fully saturated rings. The van der Waals surface area contributed by atoms with Crippen molar-refractivity contribution in [1.82, 2.24) is 0 Å². The topological polar surface area (TPSA) is 32.3 Å². The lowest BCUT2D eigenvalue weighted by atomic mass is 10.1. The maximum atomic E-state index is 9.58. The Kier molecular flexibility index (Phi) is 4.04. The van der Waals surface area contributed by atoms with Gasteiger partial charge in [0, 0.05) is 27.9 Å². The average molecular weight is 301 g/mol. The number of rotatable bonds is 5. The Bertz CT molecular complexity index is 647. The van der Waals surface area contributed by atoms with Crippen LogP contribution in [0.5, 0.6) is 5.75 Å². The van der Waals surface area contributed by atoms with Crippen molar-refractivity contribution in [3.63, 3.8) is 0 Å². The van der Waals surface area contributed by atoms with Crippen LogP contribution in [0.4, 0.5) is 5.69 Å². The molecule has 0 spiro atoms. The Labute approximate surface area is 126 Å². The monoisotopic (exact) mass is 301 g/mol. The molecule has 0 bridgehead atoms.